The third-order valence-corrected chi connectivity index (χ3v) is 10.6. The summed E-state index contributed by atoms with van der Waals surface area (Å²) in [6.45, 7) is 19.1. The van der Waals surface area contributed by atoms with Crippen molar-refractivity contribution in [3.63, 3.8) is 0 Å². The van der Waals surface area contributed by atoms with Gasteiger partial charge in [-0.3, -0.25) is 54.0 Å². The van der Waals surface area contributed by atoms with Gasteiger partial charge in [0, 0.05) is 39.9 Å². The van der Waals surface area contributed by atoms with Gasteiger partial charge in [-0.25, -0.2) is 0 Å². The molecule has 0 aromatic heterocycles. The lowest BCUT2D eigenvalue weighted by molar-refractivity contribution is -0.142. The van der Waals surface area contributed by atoms with E-state index >= 15 is 0 Å². The Bertz CT molecular complexity index is 1540. The molecule has 0 radical (unpaired) electrons. The number of amides is 9. The van der Waals surface area contributed by atoms with E-state index in [1.165, 1.54) is 23.6 Å². The number of hydrogen-bond acceptors (Lipinski definition) is 10. The first-order valence-corrected chi connectivity index (χ1v) is 23.4. The van der Waals surface area contributed by atoms with Crippen LogP contribution in [0.25, 0.3) is 0 Å². The molecule has 0 unspecified atom stereocenters. The van der Waals surface area contributed by atoms with Gasteiger partial charge in [0.25, 0.3) is 5.91 Å². The fourth-order valence-corrected chi connectivity index (χ4v) is 7.51. The molecule has 64 heavy (non-hydrogen) atoms. The molecule has 19 heteroatoms. The molecule has 1 aliphatic rings. The van der Waals surface area contributed by atoms with Gasteiger partial charge >= 0.3 is 0 Å². The van der Waals surface area contributed by atoms with Crippen molar-refractivity contribution in [2.45, 2.75) is 176 Å². The minimum absolute atomic E-state index is 0.00166. The van der Waals surface area contributed by atoms with Crippen LogP contribution in [0.5, 0.6) is 0 Å². The van der Waals surface area contributed by atoms with E-state index in [9.17, 15) is 43.2 Å². The van der Waals surface area contributed by atoms with Crippen molar-refractivity contribution in [3.05, 3.63) is 0 Å². The lowest BCUT2D eigenvalue weighted by Gasteiger charge is -2.31. The SMILES string of the molecule is CC(=O)NCCCCCC(=O)NNC(=O)[C@H](CC(C)C)NC(=O)[C@H](CC(C)C)NC(=O)[C@@H](CC(C)C)NC(=O)CN(CCCCN)C(=O)[C@H](CC(C)C)NC(=O)[C@@H]1CCCN1C(C)=O. The zero-order valence-corrected chi connectivity index (χ0v) is 40.4. The average Bonchev–Trinajstić information content (AvgIpc) is 3.70. The summed E-state index contributed by atoms with van der Waals surface area (Å²) in [6, 6.07) is -4.86. The first-order chi connectivity index (χ1) is 30.0. The largest absolute Gasteiger partial charge is 0.356 e. The highest BCUT2D eigenvalue weighted by molar-refractivity contribution is 5.96. The van der Waals surface area contributed by atoms with E-state index in [4.69, 9.17) is 5.73 Å². The minimum Gasteiger partial charge on any atom is -0.356 e. The molecular weight excluding hydrogens is 825 g/mol. The Morgan fingerprint density at radius 1 is 0.609 bits per heavy atom. The fourth-order valence-electron chi connectivity index (χ4n) is 7.51. The van der Waals surface area contributed by atoms with Crippen LogP contribution in [-0.4, -0.2) is 126 Å². The van der Waals surface area contributed by atoms with Crippen LogP contribution in [0.3, 0.4) is 0 Å². The molecule has 9 N–H and O–H groups in total. The first kappa shape index (κ1) is 57.2. The fraction of sp³-hybridized carbons (Fsp3) is 0.800. The Balaban J connectivity index is 3.18. The average molecular weight is 907 g/mol. The molecule has 0 aliphatic carbocycles. The molecule has 1 saturated heterocycles. The normalized spacial score (nSPS) is 15.5. The maximum absolute atomic E-state index is 14.2. The summed E-state index contributed by atoms with van der Waals surface area (Å²) in [4.78, 5) is 121. The number of hydrazine groups is 1. The predicted octanol–water partition coefficient (Wildman–Crippen LogP) is 1.53. The van der Waals surface area contributed by atoms with Crippen LogP contribution in [0.4, 0.5) is 0 Å². The number of likely N-dealkylation sites (tertiary alicyclic amines) is 1. The Hall–Kier alpha value is -4.81. The van der Waals surface area contributed by atoms with Crippen LogP contribution in [0.2, 0.25) is 0 Å². The Morgan fingerprint density at radius 3 is 1.66 bits per heavy atom. The van der Waals surface area contributed by atoms with Crippen LogP contribution in [0.15, 0.2) is 0 Å². The van der Waals surface area contributed by atoms with Gasteiger partial charge < -0.3 is 42.1 Å². The summed E-state index contributed by atoms with van der Waals surface area (Å²) in [6.07, 6.45) is 5.30. The lowest BCUT2D eigenvalue weighted by atomic mass is 9.98. The number of nitrogens with two attached hydrogens (primary N) is 1. The maximum atomic E-state index is 14.2. The van der Waals surface area contributed by atoms with Crippen LogP contribution >= 0.6 is 0 Å². The maximum Gasteiger partial charge on any atom is 0.260 e. The van der Waals surface area contributed by atoms with Gasteiger partial charge in [-0.1, -0.05) is 61.8 Å². The first-order valence-electron chi connectivity index (χ1n) is 23.4. The molecular formula is C45H82N10O9. The summed E-state index contributed by atoms with van der Waals surface area (Å²) >= 11 is 0. The molecule has 0 aromatic carbocycles. The second-order valence-electron chi connectivity index (χ2n) is 18.8. The molecule has 0 saturated carbocycles. The molecule has 366 valence electrons. The van der Waals surface area contributed by atoms with Gasteiger partial charge in [0.05, 0.1) is 6.54 Å². The second kappa shape index (κ2) is 30.3. The van der Waals surface area contributed by atoms with Crippen molar-refractivity contribution in [1.29, 1.82) is 0 Å². The Labute approximate surface area is 381 Å². The van der Waals surface area contributed by atoms with Crippen LogP contribution < -0.4 is 43.2 Å². The molecule has 0 aromatic rings. The van der Waals surface area contributed by atoms with Crippen molar-refractivity contribution in [2.24, 2.45) is 29.4 Å². The molecule has 0 bridgehead atoms. The summed E-state index contributed by atoms with van der Waals surface area (Å²) in [7, 11) is 0. The molecule has 1 aliphatic heterocycles. The van der Waals surface area contributed by atoms with Crippen LogP contribution in [0.1, 0.15) is 146 Å². The third-order valence-electron chi connectivity index (χ3n) is 10.6. The van der Waals surface area contributed by atoms with Crippen molar-refractivity contribution >= 4 is 53.2 Å². The van der Waals surface area contributed by atoms with Crippen molar-refractivity contribution in [1.82, 2.24) is 47.2 Å². The van der Waals surface area contributed by atoms with E-state index in [1.54, 1.807) is 0 Å². The quantitative estimate of drug-likeness (QED) is 0.0396. The molecule has 19 nitrogen and oxygen atoms in total. The molecule has 0 spiro atoms. The number of unbranched alkanes of at least 4 members (excludes halogenated alkanes) is 3. The number of carbonyl (C=O) groups is 9. The Kier molecular flexibility index (Phi) is 27.1. The van der Waals surface area contributed by atoms with E-state index in [1.807, 2.05) is 55.4 Å². The topological polar surface area (TPSA) is 270 Å². The van der Waals surface area contributed by atoms with Crippen LogP contribution in [-0.2, 0) is 43.2 Å². The highest BCUT2D eigenvalue weighted by atomic mass is 16.2. The predicted molar refractivity (Wildman–Crippen MR) is 244 cm³/mol. The molecule has 1 heterocycles. The van der Waals surface area contributed by atoms with E-state index in [0.29, 0.717) is 71.0 Å². The molecule has 1 fully saturated rings. The Morgan fingerprint density at radius 2 is 1.14 bits per heavy atom. The molecule has 1 rings (SSSR count). The summed E-state index contributed by atoms with van der Waals surface area (Å²) in [5, 5.41) is 13.9. The minimum atomic E-state index is -1.09. The number of carbonyl (C=O) groups excluding carboxylic acids is 9. The van der Waals surface area contributed by atoms with E-state index in [2.05, 4.69) is 37.4 Å². The smallest absolute Gasteiger partial charge is 0.260 e. The van der Waals surface area contributed by atoms with Gasteiger partial charge in [0.1, 0.15) is 30.2 Å². The third kappa shape index (κ3) is 23.2. The monoisotopic (exact) mass is 907 g/mol. The van der Waals surface area contributed by atoms with Crippen molar-refractivity contribution in [3.8, 4) is 0 Å². The lowest BCUT2D eigenvalue weighted by Crippen LogP contribution is -2.59. The van der Waals surface area contributed by atoms with Gasteiger partial charge in [0.15, 0.2) is 0 Å². The molecule has 9 amide bonds. The number of nitrogens with zero attached hydrogens (tertiary/aromatic N) is 2. The van der Waals surface area contributed by atoms with E-state index in [0.717, 1.165) is 0 Å². The summed E-state index contributed by atoms with van der Waals surface area (Å²) in [5.74, 6) is -4.24. The van der Waals surface area contributed by atoms with E-state index < -0.39 is 78.1 Å². The summed E-state index contributed by atoms with van der Waals surface area (Å²) < 4.78 is 0. The second-order valence-corrected chi connectivity index (χ2v) is 18.8. The highest BCUT2D eigenvalue weighted by Gasteiger charge is 2.37. The highest BCUT2D eigenvalue weighted by Crippen LogP contribution is 2.19. The van der Waals surface area contributed by atoms with Gasteiger partial charge in [-0.15, -0.1) is 0 Å². The number of nitrogens with one attached hydrogen (secondary N) is 7. The van der Waals surface area contributed by atoms with Crippen molar-refractivity contribution in [2.75, 3.05) is 32.7 Å². The van der Waals surface area contributed by atoms with Crippen molar-refractivity contribution < 1.29 is 43.2 Å². The van der Waals surface area contributed by atoms with Gasteiger partial charge in [0.2, 0.25) is 47.3 Å². The zero-order valence-electron chi connectivity index (χ0n) is 40.4. The van der Waals surface area contributed by atoms with Gasteiger partial charge in [-0.05, 0) is 94.4 Å². The van der Waals surface area contributed by atoms with Crippen LogP contribution in [0, 0.1) is 23.7 Å². The zero-order chi connectivity index (χ0) is 48.5. The number of hydrogen-bond donors (Lipinski definition) is 8. The van der Waals surface area contributed by atoms with E-state index in [-0.39, 0.29) is 67.7 Å². The van der Waals surface area contributed by atoms with Gasteiger partial charge in [-0.2, -0.15) is 0 Å². The standard InChI is InChI=1S/C45H82N10O9/c1-28(2)23-34(48-40(59)27-54(21-15-13-19-46)45(64)37(26-31(7)8)51-44(63)38-17-16-22-55(38)33(10)57)41(60)49-35(24-29(3)4)42(61)50-36(25-30(5)6)43(62)53-52-39(58)18-12-11-14-20-47-32(9)56/h28-31,34-38H,11-27,46H2,1-10H3,(H,47,56)(H,48,59)(H,49,60)(H,50,61)(H,51,63)(H,52,58)(H,53,62)/t34-,35+,36+,37+,38+/m1/s1. The number of rotatable bonds is 29. The molecule has 5 atom stereocenters. The summed E-state index contributed by atoms with van der Waals surface area (Å²) in [5.41, 5.74) is 10.6.